The average Bonchev–Trinajstić information content (AvgIpc) is 2.99. The predicted octanol–water partition coefficient (Wildman–Crippen LogP) is 3.43. The van der Waals surface area contributed by atoms with Gasteiger partial charge in [0.1, 0.15) is 17.6 Å². The van der Waals surface area contributed by atoms with Gasteiger partial charge in [0.25, 0.3) is 0 Å². The average molecular weight is 416 g/mol. The molecule has 0 radical (unpaired) electrons. The number of sulfonamides is 1. The van der Waals surface area contributed by atoms with E-state index in [-0.39, 0.29) is 12.0 Å². The molecule has 29 heavy (non-hydrogen) atoms. The van der Waals surface area contributed by atoms with Crippen molar-refractivity contribution in [3.05, 3.63) is 53.6 Å². The van der Waals surface area contributed by atoms with Crippen molar-refractivity contribution in [3.8, 4) is 11.5 Å². The SMILES string of the molecule is CCOc1cc2c(cc1NC(=O)/C=C/c1ccc(NS(C)(=O)=O)cc1)OC(C)C2. The fourth-order valence-corrected chi connectivity index (χ4v) is 3.60. The molecule has 1 aliphatic heterocycles. The van der Waals surface area contributed by atoms with Crippen LogP contribution in [0.4, 0.5) is 11.4 Å². The number of amides is 1. The van der Waals surface area contributed by atoms with E-state index in [2.05, 4.69) is 10.0 Å². The maximum Gasteiger partial charge on any atom is 0.248 e. The maximum absolute atomic E-state index is 12.4. The molecule has 154 valence electrons. The van der Waals surface area contributed by atoms with Gasteiger partial charge in [0.15, 0.2) is 0 Å². The van der Waals surface area contributed by atoms with Crippen LogP contribution in [-0.4, -0.2) is 33.3 Å². The molecule has 0 spiro atoms. The summed E-state index contributed by atoms with van der Waals surface area (Å²) in [7, 11) is -3.32. The van der Waals surface area contributed by atoms with Gasteiger partial charge in [0, 0.05) is 29.8 Å². The zero-order valence-corrected chi connectivity index (χ0v) is 17.4. The zero-order valence-electron chi connectivity index (χ0n) is 16.6. The van der Waals surface area contributed by atoms with Crippen LogP contribution < -0.4 is 19.5 Å². The standard InChI is InChI=1S/C21H24N2O5S/c1-4-27-20-12-16-11-14(2)28-19(16)13-18(20)22-21(24)10-7-15-5-8-17(9-6-15)23-29(3,25)26/h5-10,12-14,23H,4,11H2,1-3H3,(H,22,24)/b10-7+. The molecule has 0 bridgehead atoms. The van der Waals surface area contributed by atoms with Crippen molar-refractivity contribution in [1.82, 2.24) is 0 Å². The summed E-state index contributed by atoms with van der Waals surface area (Å²) in [6.45, 7) is 4.37. The van der Waals surface area contributed by atoms with E-state index >= 15 is 0 Å². The third-order valence-electron chi connectivity index (χ3n) is 4.20. The molecule has 1 amide bonds. The first-order valence-corrected chi connectivity index (χ1v) is 11.2. The zero-order chi connectivity index (χ0) is 21.0. The van der Waals surface area contributed by atoms with Crippen LogP contribution in [0.3, 0.4) is 0 Å². The molecular weight excluding hydrogens is 392 g/mol. The molecule has 2 N–H and O–H groups in total. The van der Waals surface area contributed by atoms with Crippen molar-refractivity contribution in [2.45, 2.75) is 26.4 Å². The van der Waals surface area contributed by atoms with Crippen molar-refractivity contribution in [1.29, 1.82) is 0 Å². The third kappa shape index (κ3) is 5.74. The van der Waals surface area contributed by atoms with Gasteiger partial charge < -0.3 is 14.8 Å². The van der Waals surface area contributed by atoms with Crippen molar-refractivity contribution in [2.24, 2.45) is 0 Å². The van der Waals surface area contributed by atoms with E-state index in [1.54, 1.807) is 36.4 Å². The summed E-state index contributed by atoms with van der Waals surface area (Å²) in [4.78, 5) is 12.4. The molecule has 1 unspecified atom stereocenters. The molecule has 1 aliphatic rings. The summed E-state index contributed by atoms with van der Waals surface area (Å²) < 4.78 is 36.3. The van der Waals surface area contributed by atoms with E-state index < -0.39 is 10.0 Å². The number of anilines is 2. The Morgan fingerprint density at radius 2 is 2.00 bits per heavy atom. The minimum absolute atomic E-state index is 0.102. The Bertz CT molecular complexity index is 1030. The van der Waals surface area contributed by atoms with Crippen molar-refractivity contribution in [2.75, 3.05) is 22.9 Å². The number of fused-ring (bicyclic) bond motifs is 1. The van der Waals surface area contributed by atoms with Gasteiger partial charge in [-0.05, 0) is 43.7 Å². The molecule has 1 atom stereocenters. The van der Waals surface area contributed by atoms with Gasteiger partial charge >= 0.3 is 0 Å². The number of hydrogen-bond acceptors (Lipinski definition) is 5. The summed E-state index contributed by atoms with van der Waals surface area (Å²) in [6.07, 6.45) is 5.06. The smallest absolute Gasteiger partial charge is 0.248 e. The summed E-state index contributed by atoms with van der Waals surface area (Å²) in [5.41, 5.74) is 2.84. The second-order valence-corrected chi connectivity index (χ2v) is 8.59. The normalized spacial score (nSPS) is 15.6. The lowest BCUT2D eigenvalue weighted by Gasteiger charge is -2.12. The summed E-state index contributed by atoms with van der Waals surface area (Å²) in [5.74, 6) is 1.06. The van der Waals surface area contributed by atoms with E-state index in [9.17, 15) is 13.2 Å². The number of nitrogens with one attached hydrogen (secondary N) is 2. The van der Waals surface area contributed by atoms with Crippen LogP contribution in [0.1, 0.15) is 25.0 Å². The Morgan fingerprint density at radius 1 is 1.28 bits per heavy atom. The van der Waals surface area contributed by atoms with Crippen LogP contribution in [0.2, 0.25) is 0 Å². The van der Waals surface area contributed by atoms with Gasteiger partial charge in [-0.15, -0.1) is 0 Å². The van der Waals surface area contributed by atoms with Crippen LogP contribution in [0.5, 0.6) is 11.5 Å². The van der Waals surface area contributed by atoms with Crippen LogP contribution in [0, 0.1) is 0 Å². The molecule has 0 saturated heterocycles. The van der Waals surface area contributed by atoms with Crippen LogP contribution in [0.15, 0.2) is 42.5 Å². The van der Waals surface area contributed by atoms with E-state index in [0.717, 1.165) is 29.6 Å². The van der Waals surface area contributed by atoms with E-state index in [4.69, 9.17) is 9.47 Å². The lowest BCUT2D eigenvalue weighted by atomic mass is 10.1. The number of carbonyl (C=O) groups excluding carboxylic acids is 1. The molecule has 1 heterocycles. The second kappa shape index (κ2) is 8.57. The van der Waals surface area contributed by atoms with Gasteiger partial charge in [-0.3, -0.25) is 9.52 Å². The van der Waals surface area contributed by atoms with E-state index in [1.807, 2.05) is 19.9 Å². The fourth-order valence-electron chi connectivity index (χ4n) is 3.03. The number of hydrogen-bond donors (Lipinski definition) is 2. The van der Waals surface area contributed by atoms with Crippen LogP contribution in [0.25, 0.3) is 6.08 Å². The molecule has 2 aromatic rings. The minimum Gasteiger partial charge on any atom is -0.492 e. The third-order valence-corrected chi connectivity index (χ3v) is 4.80. The molecular formula is C21H24N2O5S. The molecule has 0 saturated carbocycles. The van der Waals surface area contributed by atoms with Crippen molar-refractivity contribution < 1.29 is 22.7 Å². The molecule has 0 aromatic heterocycles. The largest absolute Gasteiger partial charge is 0.492 e. The molecule has 0 fully saturated rings. The predicted molar refractivity (Wildman–Crippen MR) is 114 cm³/mol. The molecule has 3 rings (SSSR count). The van der Waals surface area contributed by atoms with Gasteiger partial charge in [-0.2, -0.15) is 0 Å². The fraction of sp³-hybridized carbons (Fsp3) is 0.286. The lowest BCUT2D eigenvalue weighted by Crippen LogP contribution is -2.10. The van der Waals surface area contributed by atoms with Crippen LogP contribution >= 0.6 is 0 Å². The van der Waals surface area contributed by atoms with Gasteiger partial charge in [0.05, 0.1) is 18.6 Å². The Kier molecular flexibility index (Phi) is 6.12. The van der Waals surface area contributed by atoms with Gasteiger partial charge in [-0.25, -0.2) is 8.42 Å². The lowest BCUT2D eigenvalue weighted by molar-refractivity contribution is -0.111. The first kappa shape index (κ1) is 20.7. The van der Waals surface area contributed by atoms with Crippen LogP contribution in [-0.2, 0) is 21.2 Å². The molecule has 0 aliphatic carbocycles. The monoisotopic (exact) mass is 416 g/mol. The number of rotatable bonds is 7. The highest BCUT2D eigenvalue weighted by Crippen LogP contribution is 2.38. The van der Waals surface area contributed by atoms with Crippen molar-refractivity contribution >= 4 is 33.4 Å². The summed E-state index contributed by atoms with van der Waals surface area (Å²) >= 11 is 0. The highest BCUT2D eigenvalue weighted by atomic mass is 32.2. The van der Waals surface area contributed by atoms with E-state index in [1.165, 1.54) is 6.08 Å². The van der Waals surface area contributed by atoms with Gasteiger partial charge in [-0.1, -0.05) is 12.1 Å². The second-order valence-electron chi connectivity index (χ2n) is 6.84. The highest BCUT2D eigenvalue weighted by Gasteiger charge is 2.22. The number of ether oxygens (including phenoxy) is 2. The number of carbonyl (C=O) groups is 1. The minimum atomic E-state index is -3.32. The molecule has 2 aromatic carbocycles. The Morgan fingerprint density at radius 3 is 2.66 bits per heavy atom. The van der Waals surface area contributed by atoms with Gasteiger partial charge in [0.2, 0.25) is 15.9 Å². The first-order chi connectivity index (χ1) is 13.7. The van der Waals surface area contributed by atoms with E-state index in [0.29, 0.717) is 23.7 Å². The first-order valence-electron chi connectivity index (χ1n) is 9.27. The Labute approximate surface area is 170 Å². The Balaban J connectivity index is 1.70. The summed E-state index contributed by atoms with van der Waals surface area (Å²) in [6, 6.07) is 10.4. The molecule has 8 heteroatoms. The number of benzene rings is 2. The molecule has 7 nitrogen and oxygen atoms in total. The topological polar surface area (TPSA) is 93.7 Å². The maximum atomic E-state index is 12.4. The highest BCUT2D eigenvalue weighted by molar-refractivity contribution is 7.92. The Hall–Kier alpha value is -3.00. The quantitative estimate of drug-likeness (QED) is 0.675. The van der Waals surface area contributed by atoms with Crippen molar-refractivity contribution in [3.63, 3.8) is 0 Å². The summed E-state index contributed by atoms with van der Waals surface area (Å²) in [5, 5.41) is 2.83.